The van der Waals surface area contributed by atoms with Crippen LogP contribution in [-0.2, 0) is 24.7 Å². The van der Waals surface area contributed by atoms with E-state index in [0.717, 1.165) is 47.2 Å². The Morgan fingerprint density at radius 2 is 2.00 bits per heavy atom. The number of anilines is 1. The molecule has 1 N–H and O–H groups in total. The number of nitrogens with zero attached hydrogens (tertiary/aromatic N) is 2. The molecule has 3 aromatic rings. The highest BCUT2D eigenvalue weighted by molar-refractivity contribution is 8.00. The maximum Gasteiger partial charge on any atom is 0.262 e. The Hall–Kier alpha value is -2.12. The first-order valence-corrected chi connectivity index (χ1v) is 12.7. The molecule has 0 saturated carbocycles. The van der Waals surface area contributed by atoms with E-state index in [-0.39, 0.29) is 16.7 Å². The standard InChI is InChI=1S/C24H29N3O2S2/c1-5-14(2)16-10-6-8-12-18(16)25-21(28)15(3)30-24-26-22-20(23(29)27(24)4)17-11-7-9-13-19(17)31-22/h6,8,10,12,14-15H,5,7,9,11,13H2,1-4H3,(H,25,28). The first kappa shape index (κ1) is 22.1. The third-order valence-electron chi connectivity index (χ3n) is 6.17. The molecule has 5 nitrogen and oxygen atoms in total. The summed E-state index contributed by atoms with van der Waals surface area (Å²) in [4.78, 5) is 33.0. The summed E-state index contributed by atoms with van der Waals surface area (Å²) in [6.45, 7) is 6.17. The Bertz CT molecular complexity index is 1180. The lowest BCUT2D eigenvalue weighted by Gasteiger charge is -2.18. The number of thiophene rings is 1. The number of thioether (sulfide) groups is 1. The van der Waals surface area contributed by atoms with Gasteiger partial charge in [-0.2, -0.15) is 0 Å². The van der Waals surface area contributed by atoms with Crippen LogP contribution in [0.4, 0.5) is 5.69 Å². The number of aryl methyl sites for hydroxylation is 2. The zero-order chi connectivity index (χ0) is 22.1. The molecular formula is C24H29N3O2S2. The molecule has 0 radical (unpaired) electrons. The van der Waals surface area contributed by atoms with Crippen molar-refractivity contribution in [3.8, 4) is 0 Å². The Morgan fingerprint density at radius 3 is 2.77 bits per heavy atom. The molecule has 4 rings (SSSR count). The molecule has 0 fully saturated rings. The number of para-hydroxylation sites is 1. The lowest BCUT2D eigenvalue weighted by molar-refractivity contribution is -0.115. The topological polar surface area (TPSA) is 64.0 Å². The number of benzene rings is 1. The van der Waals surface area contributed by atoms with Gasteiger partial charge < -0.3 is 5.32 Å². The van der Waals surface area contributed by atoms with Crippen LogP contribution in [0.3, 0.4) is 0 Å². The van der Waals surface area contributed by atoms with Crippen LogP contribution in [0, 0.1) is 0 Å². The highest BCUT2D eigenvalue weighted by atomic mass is 32.2. The summed E-state index contributed by atoms with van der Waals surface area (Å²) in [7, 11) is 1.76. The van der Waals surface area contributed by atoms with Gasteiger partial charge in [-0.25, -0.2) is 4.98 Å². The van der Waals surface area contributed by atoms with Gasteiger partial charge in [0.1, 0.15) is 4.83 Å². The van der Waals surface area contributed by atoms with Crippen molar-refractivity contribution in [1.29, 1.82) is 0 Å². The van der Waals surface area contributed by atoms with Crippen molar-refractivity contribution in [2.75, 3.05) is 5.32 Å². The van der Waals surface area contributed by atoms with Gasteiger partial charge in [0.05, 0.1) is 10.6 Å². The van der Waals surface area contributed by atoms with Crippen LogP contribution < -0.4 is 10.9 Å². The highest BCUT2D eigenvalue weighted by Gasteiger charge is 2.24. The van der Waals surface area contributed by atoms with Crippen LogP contribution in [0.1, 0.15) is 62.0 Å². The summed E-state index contributed by atoms with van der Waals surface area (Å²) in [6.07, 6.45) is 5.32. The minimum Gasteiger partial charge on any atom is -0.325 e. The number of hydrogen-bond acceptors (Lipinski definition) is 5. The van der Waals surface area contributed by atoms with E-state index in [4.69, 9.17) is 4.98 Å². The van der Waals surface area contributed by atoms with Crippen LogP contribution in [0.15, 0.2) is 34.2 Å². The monoisotopic (exact) mass is 455 g/mol. The van der Waals surface area contributed by atoms with E-state index in [1.807, 2.05) is 25.1 Å². The molecule has 1 aliphatic carbocycles. The molecule has 0 aliphatic heterocycles. The highest BCUT2D eigenvalue weighted by Crippen LogP contribution is 2.35. The molecule has 1 aromatic carbocycles. The molecule has 2 atom stereocenters. The van der Waals surface area contributed by atoms with E-state index in [9.17, 15) is 9.59 Å². The van der Waals surface area contributed by atoms with Gasteiger partial charge in [0.2, 0.25) is 5.91 Å². The van der Waals surface area contributed by atoms with Gasteiger partial charge in [0.25, 0.3) is 5.56 Å². The second kappa shape index (κ2) is 9.17. The molecule has 7 heteroatoms. The summed E-state index contributed by atoms with van der Waals surface area (Å²) in [5.74, 6) is 0.287. The molecule has 1 amide bonds. The van der Waals surface area contributed by atoms with Crippen LogP contribution in [0.25, 0.3) is 10.2 Å². The lowest BCUT2D eigenvalue weighted by atomic mass is 9.97. The first-order valence-electron chi connectivity index (χ1n) is 11.0. The van der Waals surface area contributed by atoms with Crippen molar-refractivity contribution in [3.05, 3.63) is 50.6 Å². The Kier molecular flexibility index (Phi) is 6.53. The Balaban J connectivity index is 1.57. The number of amides is 1. The summed E-state index contributed by atoms with van der Waals surface area (Å²) in [6, 6.07) is 7.97. The molecule has 164 valence electrons. The van der Waals surface area contributed by atoms with Gasteiger partial charge in [-0.05, 0) is 62.1 Å². The minimum absolute atomic E-state index is 0.00150. The van der Waals surface area contributed by atoms with Crippen molar-refractivity contribution in [2.24, 2.45) is 7.05 Å². The minimum atomic E-state index is -0.380. The Labute approximate surface area is 191 Å². The molecule has 2 aromatic heterocycles. The number of aromatic nitrogens is 2. The number of rotatable bonds is 6. The number of hydrogen-bond donors (Lipinski definition) is 1. The number of carbonyl (C=O) groups is 1. The first-order chi connectivity index (χ1) is 14.9. The smallest absolute Gasteiger partial charge is 0.262 e. The molecule has 1 aliphatic rings. The maximum absolute atomic E-state index is 13.1. The van der Waals surface area contributed by atoms with Gasteiger partial charge in [0, 0.05) is 17.6 Å². The van der Waals surface area contributed by atoms with Crippen molar-refractivity contribution in [1.82, 2.24) is 9.55 Å². The van der Waals surface area contributed by atoms with Crippen molar-refractivity contribution in [2.45, 2.75) is 69.2 Å². The Morgan fingerprint density at radius 1 is 1.26 bits per heavy atom. The predicted molar refractivity (Wildman–Crippen MR) is 131 cm³/mol. The average molecular weight is 456 g/mol. The third kappa shape index (κ3) is 4.30. The van der Waals surface area contributed by atoms with E-state index in [1.54, 1.807) is 23.0 Å². The summed E-state index contributed by atoms with van der Waals surface area (Å²) < 4.78 is 1.60. The number of nitrogens with one attached hydrogen (secondary N) is 1. The molecule has 2 unspecified atom stereocenters. The number of carbonyl (C=O) groups excluding carboxylic acids is 1. The largest absolute Gasteiger partial charge is 0.325 e. The zero-order valence-electron chi connectivity index (χ0n) is 18.5. The fraction of sp³-hybridized carbons (Fsp3) is 0.458. The van der Waals surface area contributed by atoms with Gasteiger partial charge in [-0.1, -0.05) is 43.8 Å². The van der Waals surface area contributed by atoms with E-state index in [0.29, 0.717) is 11.1 Å². The average Bonchev–Trinajstić information content (AvgIpc) is 3.15. The van der Waals surface area contributed by atoms with Gasteiger partial charge in [0.15, 0.2) is 5.16 Å². The fourth-order valence-electron chi connectivity index (χ4n) is 4.08. The number of fused-ring (bicyclic) bond motifs is 3. The van der Waals surface area contributed by atoms with Gasteiger partial charge in [-0.15, -0.1) is 11.3 Å². The normalized spacial score (nSPS) is 15.5. The molecular weight excluding hydrogens is 426 g/mol. The molecule has 0 saturated heterocycles. The van der Waals surface area contributed by atoms with E-state index in [2.05, 4.69) is 25.2 Å². The lowest BCUT2D eigenvalue weighted by Crippen LogP contribution is -2.26. The van der Waals surface area contributed by atoms with Crippen molar-refractivity contribution >= 4 is 44.9 Å². The summed E-state index contributed by atoms with van der Waals surface area (Å²) >= 11 is 2.98. The van der Waals surface area contributed by atoms with Gasteiger partial charge >= 0.3 is 0 Å². The molecule has 0 spiro atoms. The second-order valence-electron chi connectivity index (χ2n) is 8.30. The fourth-order valence-corrected chi connectivity index (χ4v) is 6.26. The van der Waals surface area contributed by atoms with E-state index in [1.165, 1.54) is 28.6 Å². The van der Waals surface area contributed by atoms with Crippen LogP contribution >= 0.6 is 23.1 Å². The molecule has 0 bridgehead atoms. The van der Waals surface area contributed by atoms with Crippen LogP contribution in [0.5, 0.6) is 0 Å². The third-order valence-corrected chi connectivity index (χ3v) is 8.50. The molecule has 31 heavy (non-hydrogen) atoms. The summed E-state index contributed by atoms with van der Waals surface area (Å²) in [5, 5.41) is 4.08. The van der Waals surface area contributed by atoms with Crippen molar-refractivity contribution in [3.63, 3.8) is 0 Å². The second-order valence-corrected chi connectivity index (χ2v) is 10.7. The molecule has 2 heterocycles. The maximum atomic E-state index is 13.1. The van der Waals surface area contributed by atoms with Crippen LogP contribution in [-0.4, -0.2) is 20.7 Å². The van der Waals surface area contributed by atoms with Gasteiger partial charge in [-0.3, -0.25) is 14.2 Å². The van der Waals surface area contributed by atoms with Crippen molar-refractivity contribution < 1.29 is 4.79 Å². The zero-order valence-corrected chi connectivity index (χ0v) is 20.2. The quantitative estimate of drug-likeness (QED) is 0.393. The van der Waals surface area contributed by atoms with E-state index >= 15 is 0 Å². The van der Waals surface area contributed by atoms with Crippen LogP contribution in [0.2, 0.25) is 0 Å². The SMILES string of the molecule is CCC(C)c1ccccc1NC(=O)C(C)Sc1nc2sc3c(c2c(=O)n1C)CCCC3. The van der Waals surface area contributed by atoms with E-state index < -0.39 is 0 Å². The summed E-state index contributed by atoms with van der Waals surface area (Å²) in [5.41, 5.74) is 3.20. The predicted octanol–water partition coefficient (Wildman–Crippen LogP) is 5.51.